The van der Waals surface area contributed by atoms with Crippen molar-refractivity contribution in [2.24, 2.45) is 0 Å². The van der Waals surface area contributed by atoms with Crippen LogP contribution >= 0.6 is 11.3 Å². The van der Waals surface area contributed by atoms with Gasteiger partial charge < -0.3 is 14.8 Å². The fraction of sp³-hybridized carbons (Fsp3) is 0.273. The van der Waals surface area contributed by atoms with Crippen LogP contribution < -0.4 is 14.8 Å². The van der Waals surface area contributed by atoms with Crippen molar-refractivity contribution in [2.75, 3.05) is 13.2 Å². The third-order valence-electron chi connectivity index (χ3n) is 4.67. The summed E-state index contributed by atoms with van der Waals surface area (Å²) in [6.45, 7) is 4.79. The minimum atomic E-state index is -0.215. The lowest BCUT2D eigenvalue weighted by Crippen LogP contribution is -2.40. The van der Waals surface area contributed by atoms with E-state index in [1.165, 1.54) is 16.9 Å². The first-order valence-electron chi connectivity index (χ1n) is 9.37. The molecular formula is C22H22N2O3S. The van der Waals surface area contributed by atoms with Gasteiger partial charge in [-0.05, 0) is 31.0 Å². The SMILES string of the molecule is CCc1ccc(-c2nc(C)c(C(=O)NCC3COc4ccccc4O3)s2)cc1. The molecule has 5 nitrogen and oxygen atoms in total. The fourth-order valence-corrected chi connectivity index (χ4v) is 4.05. The van der Waals surface area contributed by atoms with Crippen LogP contribution in [-0.2, 0) is 6.42 Å². The van der Waals surface area contributed by atoms with Crippen LogP contribution in [0.25, 0.3) is 10.6 Å². The van der Waals surface area contributed by atoms with Crippen molar-refractivity contribution in [3.63, 3.8) is 0 Å². The number of fused-ring (bicyclic) bond motifs is 1. The average molecular weight is 394 g/mol. The summed E-state index contributed by atoms with van der Waals surface area (Å²) in [5.74, 6) is 1.32. The number of rotatable bonds is 5. The molecule has 1 unspecified atom stereocenters. The van der Waals surface area contributed by atoms with Gasteiger partial charge >= 0.3 is 0 Å². The quantitative estimate of drug-likeness (QED) is 0.703. The van der Waals surface area contributed by atoms with Gasteiger partial charge in [0.25, 0.3) is 5.91 Å². The smallest absolute Gasteiger partial charge is 0.263 e. The zero-order valence-corrected chi connectivity index (χ0v) is 16.7. The minimum absolute atomic E-state index is 0.131. The first-order valence-corrected chi connectivity index (χ1v) is 10.2. The molecule has 6 heteroatoms. The highest BCUT2D eigenvalue weighted by molar-refractivity contribution is 7.17. The Hall–Kier alpha value is -2.86. The van der Waals surface area contributed by atoms with Crippen LogP contribution in [0.4, 0.5) is 0 Å². The first kappa shape index (κ1) is 18.5. The molecule has 1 aliphatic heterocycles. The molecule has 0 bridgehead atoms. The first-order chi connectivity index (χ1) is 13.6. The highest BCUT2D eigenvalue weighted by atomic mass is 32.1. The number of benzene rings is 2. The molecule has 0 saturated heterocycles. The van der Waals surface area contributed by atoms with Gasteiger partial charge in [-0.3, -0.25) is 4.79 Å². The predicted octanol–water partition coefficient (Wildman–Crippen LogP) is 4.25. The Bertz CT molecular complexity index is 982. The molecule has 1 N–H and O–H groups in total. The molecule has 0 radical (unpaired) electrons. The van der Waals surface area contributed by atoms with Gasteiger partial charge in [-0.15, -0.1) is 11.3 Å². The summed E-state index contributed by atoms with van der Waals surface area (Å²) in [6, 6.07) is 15.9. The van der Waals surface area contributed by atoms with Gasteiger partial charge in [0, 0.05) is 5.56 Å². The van der Waals surface area contributed by atoms with Gasteiger partial charge in [-0.2, -0.15) is 0 Å². The number of hydrogen-bond donors (Lipinski definition) is 1. The van der Waals surface area contributed by atoms with Crippen LogP contribution in [0.3, 0.4) is 0 Å². The lowest BCUT2D eigenvalue weighted by atomic mass is 10.1. The van der Waals surface area contributed by atoms with Crippen molar-refractivity contribution >= 4 is 17.2 Å². The second-order valence-corrected chi connectivity index (χ2v) is 7.69. The topological polar surface area (TPSA) is 60.5 Å². The second kappa shape index (κ2) is 8.02. The number of nitrogens with one attached hydrogen (secondary N) is 1. The van der Waals surface area contributed by atoms with E-state index in [1.807, 2.05) is 31.2 Å². The van der Waals surface area contributed by atoms with E-state index in [0.717, 1.165) is 28.4 Å². The maximum Gasteiger partial charge on any atom is 0.263 e. The zero-order valence-electron chi connectivity index (χ0n) is 15.9. The number of nitrogens with zero attached hydrogens (tertiary/aromatic N) is 1. The zero-order chi connectivity index (χ0) is 19.5. The molecule has 2 heterocycles. The van der Waals surface area contributed by atoms with E-state index in [9.17, 15) is 4.79 Å². The minimum Gasteiger partial charge on any atom is -0.486 e. The third-order valence-corrected chi connectivity index (χ3v) is 5.88. The number of amides is 1. The molecule has 0 aliphatic carbocycles. The maximum absolute atomic E-state index is 12.7. The summed E-state index contributed by atoms with van der Waals surface area (Å²) in [5.41, 5.74) is 3.06. The van der Waals surface area contributed by atoms with Crippen molar-refractivity contribution in [3.05, 3.63) is 64.7 Å². The summed E-state index contributed by atoms with van der Waals surface area (Å²) in [5, 5.41) is 3.81. The molecule has 0 saturated carbocycles. The highest BCUT2D eigenvalue weighted by Gasteiger charge is 2.22. The number of carbonyl (C=O) groups is 1. The molecule has 1 aliphatic rings. The van der Waals surface area contributed by atoms with Crippen LogP contribution in [0.15, 0.2) is 48.5 Å². The van der Waals surface area contributed by atoms with Crippen LogP contribution in [0.2, 0.25) is 0 Å². The van der Waals surface area contributed by atoms with Crippen LogP contribution in [0.1, 0.15) is 27.9 Å². The van der Waals surface area contributed by atoms with Crippen molar-refractivity contribution in [1.29, 1.82) is 0 Å². The van der Waals surface area contributed by atoms with E-state index < -0.39 is 0 Å². The number of aryl methyl sites for hydroxylation is 2. The highest BCUT2D eigenvalue weighted by Crippen LogP contribution is 2.31. The lowest BCUT2D eigenvalue weighted by molar-refractivity contribution is 0.0791. The summed E-state index contributed by atoms with van der Waals surface area (Å²) in [7, 11) is 0. The van der Waals surface area contributed by atoms with E-state index >= 15 is 0 Å². The number of ether oxygens (including phenoxy) is 2. The molecule has 0 spiro atoms. The van der Waals surface area contributed by atoms with E-state index in [-0.39, 0.29) is 12.0 Å². The van der Waals surface area contributed by atoms with E-state index in [1.54, 1.807) is 0 Å². The molecule has 1 atom stereocenters. The Morgan fingerprint density at radius 3 is 2.68 bits per heavy atom. The summed E-state index contributed by atoms with van der Waals surface area (Å²) in [4.78, 5) is 17.9. The number of thiazole rings is 1. The average Bonchev–Trinajstić information content (AvgIpc) is 3.13. The van der Waals surface area contributed by atoms with Crippen LogP contribution in [0, 0.1) is 6.92 Å². The molecular weight excluding hydrogens is 372 g/mol. The van der Waals surface area contributed by atoms with E-state index in [4.69, 9.17) is 9.47 Å². The predicted molar refractivity (Wildman–Crippen MR) is 110 cm³/mol. The van der Waals surface area contributed by atoms with Crippen molar-refractivity contribution < 1.29 is 14.3 Å². The van der Waals surface area contributed by atoms with Gasteiger partial charge in [0.1, 0.15) is 22.6 Å². The number of hydrogen-bond acceptors (Lipinski definition) is 5. The van der Waals surface area contributed by atoms with Crippen molar-refractivity contribution in [1.82, 2.24) is 10.3 Å². The Morgan fingerprint density at radius 1 is 1.18 bits per heavy atom. The second-order valence-electron chi connectivity index (χ2n) is 6.69. The summed E-state index contributed by atoms with van der Waals surface area (Å²) in [6.07, 6.45) is 0.788. The lowest BCUT2D eigenvalue weighted by Gasteiger charge is -2.26. The van der Waals surface area contributed by atoms with Gasteiger partial charge in [0.15, 0.2) is 11.5 Å². The normalized spacial score (nSPS) is 15.3. The Kier molecular flexibility index (Phi) is 5.30. The Balaban J connectivity index is 1.40. The maximum atomic E-state index is 12.7. The molecule has 144 valence electrons. The molecule has 3 aromatic rings. The molecule has 2 aromatic carbocycles. The largest absolute Gasteiger partial charge is 0.486 e. The van der Waals surface area contributed by atoms with E-state index in [2.05, 4.69) is 41.5 Å². The van der Waals surface area contributed by atoms with Gasteiger partial charge in [-0.25, -0.2) is 4.98 Å². The molecule has 1 amide bonds. The molecule has 1 aromatic heterocycles. The van der Waals surface area contributed by atoms with Crippen molar-refractivity contribution in [2.45, 2.75) is 26.4 Å². The third kappa shape index (κ3) is 3.87. The number of aromatic nitrogens is 1. The standard InChI is InChI=1S/C22H22N2O3S/c1-3-15-8-10-16(11-9-15)22-24-14(2)20(28-22)21(25)23-12-17-13-26-18-6-4-5-7-19(18)27-17/h4-11,17H,3,12-13H2,1-2H3,(H,23,25). The monoisotopic (exact) mass is 394 g/mol. The molecule has 0 fully saturated rings. The molecule has 4 rings (SSSR count). The van der Waals surface area contributed by atoms with Crippen LogP contribution in [-0.4, -0.2) is 30.1 Å². The van der Waals surface area contributed by atoms with E-state index in [0.29, 0.717) is 23.8 Å². The van der Waals surface area contributed by atoms with Gasteiger partial charge in [0.2, 0.25) is 0 Å². The Labute approximate surface area is 168 Å². The number of carbonyl (C=O) groups excluding carboxylic acids is 1. The van der Waals surface area contributed by atoms with Gasteiger partial charge in [0.05, 0.1) is 12.2 Å². The molecule has 28 heavy (non-hydrogen) atoms. The Morgan fingerprint density at radius 2 is 1.93 bits per heavy atom. The van der Waals surface area contributed by atoms with Crippen LogP contribution in [0.5, 0.6) is 11.5 Å². The van der Waals surface area contributed by atoms with Crippen molar-refractivity contribution in [3.8, 4) is 22.1 Å². The summed E-state index contributed by atoms with van der Waals surface area (Å²) >= 11 is 1.41. The van der Waals surface area contributed by atoms with Gasteiger partial charge in [-0.1, -0.05) is 43.3 Å². The summed E-state index contributed by atoms with van der Waals surface area (Å²) < 4.78 is 11.6. The number of para-hydroxylation sites is 2. The fourth-order valence-electron chi connectivity index (χ4n) is 3.06.